The topological polar surface area (TPSA) is 41.6 Å². The van der Waals surface area contributed by atoms with Crippen molar-refractivity contribution in [3.63, 3.8) is 0 Å². The zero-order chi connectivity index (χ0) is 15.2. The van der Waals surface area contributed by atoms with Gasteiger partial charge in [-0.3, -0.25) is 4.90 Å². The molecule has 1 aromatic rings. The fraction of sp³-hybridized carbons (Fsp3) is 0.562. The van der Waals surface area contributed by atoms with Crippen molar-refractivity contribution in [2.75, 3.05) is 33.8 Å². The molecule has 21 heavy (non-hydrogen) atoms. The maximum Gasteiger partial charge on any atom is 0.337 e. The van der Waals surface area contributed by atoms with Crippen molar-refractivity contribution in [2.45, 2.75) is 19.4 Å². The fourth-order valence-electron chi connectivity index (χ4n) is 2.93. The van der Waals surface area contributed by atoms with Crippen molar-refractivity contribution in [1.29, 1.82) is 0 Å². The standard InChI is InChI=1S/C16H23ClN2O2/c1-18-9-12-4-3-7-19(10-12)11-14-8-13(16(20)21-2)5-6-15(14)17/h5-6,8,12,18H,3-4,7,9-11H2,1-2H3. The van der Waals surface area contributed by atoms with Crippen LogP contribution in [0.25, 0.3) is 0 Å². The first-order valence-corrected chi connectivity index (χ1v) is 7.75. The summed E-state index contributed by atoms with van der Waals surface area (Å²) in [6.45, 7) is 3.98. The van der Waals surface area contributed by atoms with Crippen LogP contribution in [0.1, 0.15) is 28.8 Å². The maximum atomic E-state index is 11.6. The molecule has 1 unspecified atom stereocenters. The van der Waals surface area contributed by atoms with Crippen molar-refractivity contribution < 1.29 is 9.53 Å². The molecule has 5 heteroatoms. The van der Waals surface area contributed by atoms with Crippen LogP contribution in [-0.4, -0.2) is 44.7 Å². The van der Waals surface area contributed by atoms with E-state index >= 15 is 0 Å². The Hall–Kier alpha value is -1.10. The molecule has 0 aromatic heterocycles. The number of benzene rings is 1. The molecule has 0 spiro atoms. The van der Waals surface area contributed by atoms with E-state index in [1.165, 1.54) is 20.0 Å². The zero-order valence-electron chi connectivity index (χ0n) is 12.7. The Kier molecular flexibility index (Phi) is 6.03. The molecule has 116 valence electrons. The van der Waals surface area contributed by atoms with Gasteiger partial charge < -0.3 is 10.1 Å². The minimum atomic E-state index is -0.320. The number of carbonyl (C=O) groups excluding carboxylic acids is 1. The fourth-order valence-corrected chi connectivity index (χ4v) is 3.11. The molecule has 1 aromatic carbocycles. The third-order valence-electron chi connectivity index (χ3n) is 3.96. The highest BCUT2D eigenvalue weighted by molar-refractivity contribution is 6.31. The minimum absolute atomic E-state index is 0.320. The summed E-state index contributed by atoms with van der Waals surface area (Å²) < 4.78 is 4.77. The molecule has 1 atom stereocenters. The molecule has 1 aliphatic rings. The molecule has 2 rings (SSSR count). The van der Waals surface area contributed by atoms with E-state index in [0.717, 1.165) is 31.7 Å². The summed E-state index contributed by atoms with van der Waals surface area (Å²) in [5.74, 6) is 0.367. The third-order valence-corrected chi connectivity index (χ3v) is 4.33. The van der Waals surface area contributed by atoms with Crippen LogP contribution in [0.5, 0.6) is 0 Å². The molecular formula is C16H23ClN2O2. The average Bonchev–Trinajstić information content (AvgIpc) is 2.49. The van der Waals surface area contributed by atoms with E-state index in [4.69, 9.17) is 16.3 Å². The second-order valence-corrected chi connectivity index (χ2v) is 6.01. The van der Waals surface area contributed by atoms with Gasteiger partial charge in [0.05, 0.1) is 12.7 Å². The van der Waals surface area contributed by atoms with Gasteiger partial charge in [0.25, 0.3) is 0 Å². The van der Waals surface area contributed by atoms with E-state index in [-0.39, 0.29) is 5.97 Å². The van der Waals surface area contributed by atoms with Crippen molar-refractivity contribution in [1.82, 2.24) is 10.2 Å². The molecule has 1 heterocycles. The third kappa shape index (κ3) is 4.43. The van der Waals surface area contributed by atoms with Gasteiger partial charge in [-0.15, -0.1) is 0 Å². The predicted molar refractivity (Wildman–Crippen MR) is 84.7 cm³/mol. The molecule has 1 N–H and O–H groups in total. The van der Waals surface area contributed by atoms with Gasteiger partial charge in [0.2, 0.25) is 0 Å². The smallest absolute Gasteiger partial charge is 0.337 e. The van der Waals surface area contributed by atoms with Gasteiger partial charge >= 0.3 is 5.97 Å². The van der Waals surface area contributed by atoms with Crippen LogP contribution in [-0.2, 0) is 11.3 Å². The summed E-state index contributed by atoms with van der Waals surface area (Å²) in [5.41, 5.74) is 1.55. The molecule has 0 radical (unpaired) electrons. The Bertz CT molecular complexity index is 491. The van der Waals surface area contributed by atoms with Crippen LogP contribution < -0.4 is 5.32 Å². The Morgan fingerprint density at radius 1 is 1.52 bits per heavy atom. The number of halogens is 1. The number of hydrogen-bond acceptors (Lipinski definition) is 4. The van der Waals surface area contributed by atoms with E-state index in [1.54, 1.807) is 12.1 Å². The molecule has 1 aliphatic heterocycles. The average molecular weight is 311 g/mol. The first-order valence-electron chi connectivity index (χ1n) is 7.37. The molecule has 4 nitrogen and oxygen atoms in total. The van der Waals surface area contributed by atoms with Gasteiger partial charge in [-0.2, -0.15) is 0 Å². The van der Waals surface area contributed by atoms with Gasteiger partial charge in [-0.05, 0) is 62.7 Å². The first kappa shape index (κ1) is 16.3. The number of hydrogen-bond donors (Lipinski definition) is 1. The van der Waals surface area contributed by atoms with Crippen LogP contribution in [0, 0.1) is 5.92 Å². The Balaban J connectivity index is 2.06. The van der Waals surface area contributed by atoms with Gasteiger partial charge in [0, 0.05) is 18.1 Å². The lowest BCUT2D eigenvalue weighted by molar-refractivity contribution is 0.0600. The van der Waals surface area contributed by atoms with E-state index in [2.05, 4.69) is 10.2 Å². The number of methoxy groups -OCH3 is 1. The highest BCUT2D eigenvalue weighted by Gasteiger charge is 2.20. The van der Waals surface area contributed by atoms with Crippen LogP contribution in [0.2, 0.25) is 5.02 Å². The molecular weight excluding hydrogens is 288 g/mol. The second kappa shape index (κ2) is 7.78. The number of carbonyl (C=O) groups is 1. The summed E-state index contributed by atoms with van der Waals surface area (Å²) in [4.78, 5) is 14.0. The number of likely N-dealkylation sites (tertiary alicyclic amines) is 1. The SMILES string of the molecule is CNCC1CCCN(Cc2cc(C(=O)OC)ccc2Cl)C1. The van der Waals surface area contributed by atoms with Crippen LogP contribution in [0.4, 0.5) is 0 Å². The summed E-state index contributed by atoms with van der Waals surface area (Å²) in [6, 6.07) is 5.33. The van der Waals surface area contributed by atoms with Gasteiger partial charge in [-0.25, -0.2) is 4.79 Å². The monoisotopic (exact) mass is 310 g/mol. The van der Waals surface area contributed by atoms with Gasteiger partial charge in [0.1, 0.15) is 0 Å². The van der Waals surface area contributed by atoms with Gasteiger partial charge in [0.15, 0.2) is 0 Å². The van der Waals surface area contributed by atoms with Gasteiger partial charge in [-0.1, -0.05) is 11.6 Å². The molecule has 1 fully saturated rings. The lowest BCUT2D eigenvalue weighted by Gasteiger charge is -2.32. The largest absolute Gasteiger partial charge is 0.465 e. The summed E-state index contributed by atoms with van der Waals surface area (Å²) in [6.07, 6.45) is 2.48. The summed E-state index contributed by atoms with van der Waals surface area (Å²) in [7, 11) is 3.39. The molecule has 0 aliphatic carbocycles. The summed E-state index contributed by atoms with van der Waals surface area (Å²) in [5, 5.41) is 3.96. The van der Waals surface area contributed by atoms with E-state index in [0.29, 0.717) is 16.5 Å². The van der Waals surface area contributed by atoms with E-state index in [9.17, 15) is 4.79 Å². The minimum Gasteiger partial charge on any atom is -0.465 e. The van der Waals surface area contributed by atoms with Crippen molar-refractivity contribution in [3.05, 3.63) is 34.3 Å². The number of rotatable bonds is 5. The predicted octanol–water partition coefficient (Wildman–Crippen LogP) is 2.56. The number of ether oxygens (including phenoxy) is 1. The number of nitrogens with one attached hydrogen (secondary N) is 1. The number of esters is 1. The number of piperidine rings is 1. The van der Waals surface area contributed by atoms with Crippen molar-refractivity contribution >= 4 is 17.6 Å². The molecule has 0 saturated carbocycles. The second-order valence-electron chi connectivity index (χ2n) is 5.60. The van der Waals surface area contributed by atoms with Crippen molar-refractivity contribution in [3.8, 4) is 0 Å². The normalized spacial score (nSPS) is 19.5. The quantitative estimate of drug-likeness (QED) is 0.849. The van der Waals surface area contributed by atoms with Crippen LogP contribution in [0.3, 0.4) is 0 Å². The van der Waals surface area contributed by atoms with Crippen LogP contribution >= 0.6 is 11.6 Å². The highest BCUT2D eigenvalue weighted by atomic mass is 35.5. The molecule has 0 amide bonds. The summed E-state index contributed by atoms with van der Waals surface area (Å²) >= 11 is 6.27. The van der Waals surface area contributed by atoms with Crippen LogP contribution in [0.15, 0.2) is 18.2 Å². The Labute approximate surface area is 131 Å². The van der Waals surface area contributed by atoms with E-state index < -0.39 is 0 Å². The first-order chi connectivity index (χ1) is 10.1. The van der Waals surface area contributed by atoms with E-state index in [1.807, 2.05) is 13.1 Å². The Morgan fingerprint density at radius 3 is 3.05 bits per heavy atom. The lowest BCUT2D eigenvalue weighted by Crippen LogP contribution is -2.38. The highest BCUT2D eigenvalue weighted by Crippen LogP contribution is 2.23. The maximum absolute atomic E-state index is 11.6. The molecule has 1 saturated heterocycles. The Morgan fingerprint density at radius 2 is 2.33 bits per heavy atom. The number of nitrogens with zero attached hydrogens (tertiary/aromatic N) is 1. The van der Waals surface area contributed by atoms with Crippen molar-refractivity contribution in [2.24, 2.45) is 5.92 Å². The molecule has 0 bridgehead atoms. The zero-order valence-corrected chi connectivity index (χ0v) is 13.4. The lowest BCUT2D eigenvalue weighted by atomic mass is 9.97.